The standard InChI is InChI=1S/C23H24N2S/c1-3-18-12-10-11-17-21(18)24-23(26)25(2)22(19-13-6-4-7-14-19)20-15-8-5-9-16-20/h4-17,22H,3H2,1-2H3,(H,24,26). The topological polar surface area (TPSA) is 15.3 Å². The Bertz CT molecular complexity index is 807. The van der Waals surface area contributed by atoms with Crippen molar-refractivity contribution in [2.24, 2.45) is 0 Å². The van der Waals surface area contributed by atoms with Gasteiger partial charge in [-0.1, -0.05) is 85.8 Å². The van der Waals surface area contributed by atoms with Gasteiger partial charge in [0, 0.05) is 12.7 Å². The third-order valence-electron chi connectivity index (χ3n) is 4.58. The number of benzene rings is 3. The van der Waals surface area contributed by atoms with Crippen molar-refractivity contribution in [2.45, 2.75) is 19.4 Å². The van der Waals surface area contributed by atoms with Gasteiger partial charge in [-0.05, 0) is 41.4 Å². The van der Waals surface area contributed by atoms with Crippen molar-refractivity contribution < 1.29 is 0 Å². The maximum atomic E-state index is 5.76. The molecule has 0 fully saturated rings. The molecule has 3 aromatic carbocycles. The minimum atomic E-state index is 0.0613. The molecule has 0 amide bonds. The van der Waals surface area contributed by atoms with E-state index in [2.05, 4.69) is 90.9 Å². The molecule has 3 aromatic rings. The molecule has 0 aliphatic heterocycles. The molecule has 3 heteroatoms. The van der Waals surface area contributed by atoms with Gasteiger partial charge in [0.05, 0.1) is 6.04 Å². The highest BCUT2D eigenvalue weighted by Gasteiger charge is 2.21. The highest BCUT2D eigenvalue weighted by Crippen LogP contribution is 2.28. The summed E-state index contributed by atoms with van der Waals surface area (Å²) in [4.78, 5) is 2.13. The van der Waals surface area contributed by atoms with E-state index < -0.39 is 0 Å². The molecule has 0 saturated heterocycles. The van der Waals surface area contributed by atoms with E-state index in [1.807, 2.05) is 18.2 Å². The molecule has 132 valence electrons. The fraction of sp³-hybridized carbons (Fsp3) is 0.174. The summed E-state index contributed by atoms with van der Waals surface area (Å²) in [6, 6.07) is 29.3. The molecular weight excluding hydrogens is 336 g/mol. The summed E-state index contributed by atoms with van der Waals surface area (Å²) in [6.07, 6.45) is 0.969. The van der Waals surface area contributed by atoms with Crippen LogP contribution in [0.2, 0.25) is 0 Å². The molecule has 3 rings (SSSR count). The third kappa shape index (κ3) is 4.12. The van der Waals surface area contributed by atoms with E-state index in [9.17, 15) is 0 Å². The number of hydrogen-bond donors (Lipinski definition) is 1. The first-order valence-corrected chi connectivity index (χ1v) is 9.33. The monoisotopic (exact) mass is 360 g/mol. The smallest absolute Gasteiger partial charge is 0.173 e. The molecule has 0 saturated carbocycles. The highest BCUT2D eigenvalue weighted by molar-refractivity contribution is 7.80. The minimum absolute atomic E-state index is 0.0613. The average Bonchev–Trinajstić information content (AvgIpc) is 2.70. The first kappa shape index (κ1) is 18.2. The zero-order chi connectivity index (χ0) is 18.4. The van der Waals surface area contributed by atoms with Crippen molar-refractivity contribution in [3.63, 3.8) is 0 Å². The Morgan fingerprint density at radius 3 is 1.88 bits per heavy atom. The molecule has 26 heavy (non-hydrogen) atoms. The summed E-state index contributed by atoms with van der Waals surface area (Å²) >= 11 is 5.76. The quantitative estimate of drug-likeness (QED) is 0.590. The maximum absolute atomic E-state index is 5.76. The van der Waals surface area contributed by atoms with Crippen LogP contribution < -0.4 is 5.32 Å². The summed E-state index contributed by atoms with van der Waals surface area (Å²) in [6.45, 7) is 2.16. The van der Waals surface area contributed by atoms with E-state index in [0.29, 0.717) is 5.11 Å². The third-order valence-corrected chi connectivity index (χ3v) is 4.97. The molecular formula is C23H24N2S. The van der Waals surface area contributed by atoms with Crippen molar-refractivity contribution in [1.82, 2.24) is 4.90 Å². The van der Waals surface area contributed by atoms with Crippen LogP contribution in [0, 0.1) is 0 Å². The van der Waals surface area contributed by atoms with Gasteiger partial charge in [-0.15, -0.1) is 0 Å². The van der Waals surface area contributed by atoms with Crippen molar-refractivity contribution in [2.75, 3.05) is 12.4 Å². The van der Waals surface area contributed by atoms with Crippen LogP contribution in [0.1, 0.15) is 29.7 Å². The summed E-state index contributed by atoms with van der Waals surface area (Å²) in [5.74, 6) is 0. The van der Waals surface area contributed by atoms with Crippen LogP contribution in [0.5, 0.6) is 0 Å². The molecule has 0 aromatic heterocycles. The number of thiocarbonyl (C=S) groups is 1. The average molecular weight is 361 g/mol. The van der Waals surface area contributed by atoms with E-state index >= 15 is 0 Å². The Hall–Kier alpha value is -2.65. The Morgan fingerprint density at radius 2 is 1.35 bits per heavy atom. The van der Waals surface area contributed by atoms with Crippen LogP contribution in [-0.2, 0) is 6.42 Å². The Kier molecular flexibility index (Phi) is 6.03. The maximum Gasteiger partial charge on any atom is 0.173 e. The second kappa shape index (κ2) is 8.63. The number of nitrogens with one attached hydrogen (secondary N) is 1. The molecule has 0 spiro atoms. The van der Waals surface area contributed by atoms with E-state index in [1.165, 1.54) is 16.7 Å². The van der Waals surface area contributed by atoms with Crippen molar-refractivity contribution in [3.8, 4) is 0 Å². The Labute approximate surface area is 161 Å². The van der Waals surface area contributed by atoms with Gasteiger partial charge < -0.3 is 10.2 Å². The molecule has 0 radical (unpaired) electrons. The second-order valence-electron chi connectivity index (χ2n) is 6.28. The van der Waals surface area contributed by atoms with Crippen LogP contribution in [-0.4, -0.2) is 17.1 Å². The van der Waals surface area contributed by atoms with Gasteiger partial charge in [-0.2, -0.15) is 0 Å². The largest absolute Gasteiger partial charge is 0.341 e. The normalized spacial score (nSPS) is 10.6. The van der Waals surface area contributed by atoms with Crippen LogP contribution >= 0.6 is 12.2 Å². The molecule has 2 nitrogen and oxygen atoms in total. The SMILES string of the molecule is CCc1ccccc1NC(=S)N(C)C(c1ccccc1)c1ccccc1. The van der Waals surface area contributed by atoms with Crippen molar-refractivity contribution in [1.29, 1.82) is 0 Å². The van der Waals surface area contributed by atoms with Crippen LogP contribution in [0.15, 0.2) is 84.9 Å². The minimum Gasteiger partial charge on any atom is -0.341 e. The van der Waals surface area contributed by atoms with Crippen molar-refractivity contribution >= 4 is 23.0 Å². The van der Waals surface area contributed by atoms with Gasteiger partial charge in [0.2, 0.25) is 0 Å². The van der Waals surface area contributed by atoms with Gasteiger partial charge in [-0.25, -0.2) is 0 Å². The lowest BCUT2D eigenvalue weighted by Gasteiger charge is -2.31. The predicted octanol–water partition coefficient (Wildman–Crippen LogP) is 5.67. The predicted molar refractivity (Wildman–Crippen MR) is 115 cm³/mol. The lowest BCUT2D eigenvalue weighted by Crippen LogP contribution is -2.35. The molecule has 0 unspecified atom stereocenters. The fourth-order valence-electron chi connectivity index (χ4n) is 3.18. The highest BCUT2D eigenvalue weighted by atomic mass is 32.1. The molecule has 0 bridgehead atoms. The van der Waals surface area contributed by atoms with Crippen LogP contribution in [0.4, 0.5) is 5.69 Å². The van der Waals surface area contributed by atoms with Crippen LogP contribution in [0.25, 0.3) is 0 Å². The van der Waals surface area contributed by atoms with E-state index in [-0.39, 0.29) is 6.04 Å². The zero-order valence-corrected chi connectivity index (χ0v) is 16.0. The number of hydrogen-bond acceptors (Lipinski definition) is 1. The number of anilines is 1. The number of rotatable bonds is 5. The second-order valence-corrected chi connectivity index (χ2v) is 6.66. The molecule has 0 atom stereocenters. The number of para-hydroxylation sites is 1. The van der Waals surface area contributed by atoms with Crippen LogP contribution in [0.3, 0.4) is 0 Å². The van der Waals surface area contributed by atoms with E-state index in [4.69, 9.17) is 12.2 Å². The van der Waals surface area contributed by atoms with Crippen molar-refractivity contribution in [3.05, 3.63) is 102 Å². The molecule has 1 N–H and O–H groups in total. The van der Waals surface area contributed by atoms with Gasteiger partial charge in [0.25, 0.3) is 0 Å². The Balaban J connectivity index is 1.90. The van der Waals surface area contributed by atoms with Gasteiger partial charge in [-0.3, -0.25) is 0 Å². The molecule has 0 aliphatic carbocycles. The summed E-state index contributed by atoms with van der Waals surface area (Å²) in [7, 11) is 2.05. The van der Waals surface area contributed by atoms with Gasteiger partial charge in [0.15, 0.2) is 5.11 Å². The Morgan fingerprint density at radius 1 is 0.846 bits per heavy atom. The van der Waals surface area contributed by atoms with E-state index in [1.54, 1.807) is 0 Å². The first-order valence-electron chi connectivity index (χ1n) is 8.92. The molecule has 0 heterocycles. The fourth-order valence-corrected chi connectivity index (χ4v) is 3.40. The summed E-state index contributed by atoms with van der Waals surface area (Å²) < 4.78 is 0. The van der Waals surface area contributed by atoms with E-state index in [0.717, 1.165) is 12.1 Å². The summed E-state index contributed by atoms with van der Waals surface area (Å²) in [5.41, 5.74) is 4.77. The summed E-state index contributed by atoms with van der Waals surface area (Å²) in [5, 5.41) is 4.15. The lowest BCUT2D eigenvalue weighted by atomic mass is 9.98. The number of aryl methyl sites for hydroxylation is 1. The zero-order valence-electron chi connectivity index (χ0n) is 15.2. The first-order chi connectivity index (χ1) is 12.7. The molecule has 0 aliphatic rings. The van der Waals surface area contributed by atoms with Gasteiger partial charge in [0.1, 0.15) is 0 Å². The number of nitrogens with zero attached hydrogens (tertiary/aromatic N) is 1. The lowest BCUT2D eigenvalue weighted by molar-refractivity contribution is 0.434. The van der Waals surface area contributed by atoms with Gasteiger partial charge >= 0.3 is 0 Å².